The fourth-order valence-electron chi connectivity index (χ4n) is 3.51. The summed E-state index contributed by atoms with van der Waals surface area (Å²) in [4.78, 5) is 11.9. The van der Waals surface area contributed by atoms with Gasteiger partial charge in [-0.3, -0.25) is 0 Å². The number of amides is 1. The largest absolute Gasteiger partial charge is 0.448 e. The van der Waals surface area contributed by atoms with Gasteiger partial charge in [-0.25, -0.2) is 22.6 Å². The van der Waals surface area contributed by atoms with Gasteiger partial charge in [-0.2, -0.15) is 18.3 Å². The molecule has 192 valence electrons. The molecule has 3 aromatic carbocycles. The van der Waals surface area contributed by atoms with Crippen molar-refractivity contribution in [1.82, 2.24) is 14.5 Å². The van der Waals surface area contributed by atoms with Crippen molar-refractivity contribution in [2.45, 2.75) is 24.4 Å². The highest BCUT2D eigenvalue weighted by molar-refractivity contribution is 7.90. The number of benzene rings is 3. The Labute approximate surface area is 211 Å². The molecule has 1 amide bonds. The molecule has 0 radical (unpaired) electrons. The monoisotopic (exact) mass is 529 g/mol. The third-order valence-electron chi connectivity index (χ3n) is 5.42. The number of hydrogen-bond donors (Lipinski definition) is 1. The molecule has 0 saturated heterocycles. The van der Waals surface area contributed by atoms with Gasteiger partial charge < -0.3 is 4.74 Å². The number of rotatable bonds is 7. The van der Waals surface area contributed by atoms with Crippen LogP contribution in [0.5, 0.6) is 0 Å². The number of alkyl halides is 3. The Morgan fingerprint density at radius 1 is 0.973 bits per heavy atom. The Hall–Kier alpha value is -4.12. The summed E-state index contributed by atoms with van der Waals surface area (Å²) >= 11 is 0. The van der Waals surface area contributed by atoms with Crippen LogP contribution >= 0.6 is 0 Å². The van der Waals surface area contributed by atoms with Crippen LogP contribution in [-0.4, -0.2) is 30.9 Å². The minimum Gasteiger partial charge on any atom is -0.448 e. The number of halogens is 3. The maximum Gasteiger partial charge on any atom is 0.435 e. The van der Waals surface area contributed by atoms with Crippen molar-refractivity contribution in [3.8, 4) is 16.9 Å². The van der Waals surface area contributed by atoms with E-state index in [2.05, 4.69) is 5.10 Å². The molecular formula is C26H22F3N3O4S. The van der Waals surface area contributed by atoms with Gasteiger partial charge in [0.1, 0.15) is 0 Å². The molecule has 0 atom stereocenters. The van der Waals surface area contributed by atoms with Crippen LogP contribution in [0.25, 0.3) is 16.9 Å². The summed E-state index contributed by atoms with van der Waals surface area (Å²) in [6.45, 7) is 1.70. The van der Waals surface area contributed by atoms with Crippen LogP contribution in [0.2, 0.25) is 0 Å². The van der Waals surface area contributed by atoms with E-state index in [9.17, 15) is 26.4 Å². The van der Waals surface area contributed by atoms with Gasteiger partial charge in [0.05, 0.1) is 22.9 Å². The molecule has 0 aliphatic heterocycles. The van der Waals surface area contributed by atoms with Gasteiger partial charge in [-0.15, -0.1) is 0 Å². The lowest BCUT2D eigenvalue weighted by molar-refractivity contribution is -0.141. The first-order valence-electron chi connectivity index (χ1n) is 11.1. The lowest BCUT2D eigenvalue weighted by atomic mass is 10.1. The van der Waals surface area contributed by atoms with Crippen LogP contribution in [0.15, 0.2) is 89.8 Å². The molecule has 0 bridgehead atoms. The van der Waals surface area contributed by atoms with E-state index in [0.717, 1.165) is 17.2 Å². The molecule has 0 aliphatic carbocycles. The molecule has 1 heterocycles. The minimum atomic E-state index is -4.60. The molecule has 7 nitrogen and oxygen atoms in total. The van der Waals surface area contributed by atoms with E-state index >= 15 is 0 Å². The van der Waals surface area contributed by atoms with E-state index in [0.29, 0.717) is 11.3 Å². The topological polar surface area (TPSA) is 90.3 Å². The van der Waals surface area contributed by atoms with Crippen molar-refractivity contribution in [3.63, 3.8) is 0 Å². The fourth-order valence-corrected chi connectivity index (χ4v) is 4.40. The second-order valence-corrected chi connectivity index (χ2v) is 9.84. The highest BCUT2D eigenvalue weighted by Gasteiger charge is 2.35. The number of nitrogens with one attached hydrogen (secondary N) is 1. The van der Waals surface area contributed by atoms with Crippen molar-refractivity contribution in [3.05, 3.63) is 102 Å². The zero-order valence-electron chi connectivity index (χ0n) is 19.6. The molecule has 1 N–H and O–H groups in total. The zero-order chi connectivity index (χ0) is 26.6. The lowest BCUT2D eigenvalue weighted by Gasteiger charge is -2.10. The molecule has 37 heavy (non-hydrogen) atoms. The fraction of sp³-hybridized carbons (Fsp3) is 0.154. The first-order chi connectivity index (χ1) is 17.5. The van der Waals surface area contributed by atoms with Gasteiger partial charge in [0.2, 0.25) is 0 Å². The highest BCUT2D eigenvalue weighted by Crippen LogP contribution is 2.33. The normalized spacial score (nSPS) is 11.8. The van der Waals surface area contributed by atoms with Crippen LogP contribution in [0, 0.1) is 6.92 Å². The highest BCUT2D eigenvalue weighted by atomic mass is 32.2. The molecule has 4 aromatic rings. The number of sulfonamides is 1. The Kier molecular flexibility index (Phi) is 7.35. The van der Waals surface area contributed by atoms with Crippen LogP contribution in [-0.2, 0) is 27.4 Å². The Morgan fingerprint density at radius 2 is 1.62 bits per heavy atom. The van der Waals surface area contributed by atoms with Crippen LogP contribution in [0.3, 0.4) is 0 Å². The number of nitrogens with zero attached hydrogens (tertiary/aromatic N) is 2. The number of aryl methyl sites for hydroxylation is 1. The molecular weight excluding hydrogens is 507 g/mol. The number of hydrogen-bond acceptors (Lipinski definition) is 5. The minimum absolute atomic E-state index is 0.0622. The Morgan fingerprint density at radius 3 is 2.24 bits per heavy atom. The second kappa shape index (κ2) is 10.5. The van der Waals surface area contributed by atoms with Crippen molar-refractivity contribution in [2.75, 3.05) is 6.61 Å². The predicted molar refractivity (Wildman–Crippen MR) is 131 cm³/mol. The van der Waals surface area contributed by atoms with E-state index in [4.69, 9.17) is 4.74 Å². The maximum atomic E-state index is 13.3. The zero-order valence-corrected chi connectivity index (χ0v) is 20.4. The molecule has 0 fully saturated rings. The van der Waals surface area contributed by atoms with E-state index in [1.807, 2.05) is 11.6 Å². The van der Waals surface area contributed by atoms with Crippen molar-refractivity contribution in [1.29, 1.82) is 0 Å². The molecule has 4 rings (SSSR count). The Bertz CT molecular complexity index is 1480. The smallest absolute Gasteiger partial charge is 0.435 e. The van der Waals surface area contributed by atoms with Gasteiger partial charge in [0.15, 0.2) is 5.69 Å². The van der Waals surface area contributed by atoms with E-state index < -0.39 is 28.0 Å². The summed E-state index contributed by atoms with van der Waals surface area (Å²) in [5.74, 6) is 0. The standard InChI is InChI=1S/C26H22F3N3O4S/c1-18-7-13-22(14-8-18)37(34,35)31-25(33)36-16-15-19-9-11-21(12-10-19)32-23(20-5-3-2-4-6-20)17-24(30-32)26(27,28)29/h2-14,17H,15-16H2,1H3,(H,31,33). The molecule has 0 spiro atoms. The van der Waals surface area contributed by atoms with Crippen molar-refractivity contribution < 1.29 is 31.1 Å². The van der Waals surface area contributed by atoms with Gasteiger partial charge in [-0.05, 0) is 42.8 Å². The second-order valence-electron chi connectivity index (χ2n) is 8.16. The SMILES string of the molecule is Cc1ccc(S(=O)(=O)NC(=O)OCCc2ccc(-n3nc(C(F)(F)F)cc3-c3ccccc3)cc2)cc1. The average molecular weight is 530 g/mol. The first-order valence-corrected chi connectivity index (χ1v) is 12.6. The maximum absolute atomic E-state index is 13.3. The third kappa shape index (κ3) is 6.36. The van der Waals surface area contributed by atoms with Gasteiger partial charge in [-0.1, -0.05) is 60.2 Å². The number of carbonyl (C=O) groups is 1. The molecule has 0 saturated carbocycles. The van der Waals surface area contributed by atoms with E-state index in [1.54, 1.807) is 66.7 Å². The predicted octanol–water partition coefficient (Wildman–Crippen LogP) is 5.52. The Balaban J connectivity index is 1.41. The van der Waals surface area contributed by atoms with E-state index in [-0.39, 0.29) is 23.6 Å². The first kappa shape index (κ1) is 26.0. The third-order valence-corrected chi connectivity index (χ3v) is 6.75. The quantitative estimate of drug-likeness (QED) is 0.340. The van der Waals surface area contributed by atoms with Gasteiger partial charge in [0.25, 0.3) is 10.0 Å². The number of carbonyl (C=O) groups excluding carboxylic acids is 1. The van der Waals surface area contributed by atoms with Crippen molar-refractivity contribution in [2.24, 2.45) is 0 Å². The van der Waals surface area contributed by atoms with Gasteiger partial charge in [0, 0.05) is 12.0 Å². The molecule has 0 aliphatic rings. The van der Waals surface area contributed by atoms with Gasteiger partial charge >= 0.3 is 12.3 Å². The summed E-state index contributed by atoms with van der Waals surface area (Å²) in [5, 5.41) is 3.76. The molecule has 0 unspecified atom stereocenters. The summed E-state index contributed by atoms with van der Waals surface area (Å²) in [6.07, 6.45) is -5.45. The lowest BCUT2D eigenvalue weighted by Crippen LogP contribution is -2.31. The van der Waals surface area contributed by atoms with Crippen molar-refractivity contribution >= 4 is 16.1 Å². The van der Waals surface area contributed by atoms with Crippen LogP contribution in [0.4, 0.5) is 18.0 Å². The summed E-state index contributed by atoms with van der Waals surface area (Å²) in [6, 6.07) is 22.2. The average Bonchev–Trinajstić information content (AvgIpc) is 3.31. The summed E-state index contributed by atoms with van der Waals surface area (Å²) in [5.41, 5.74) is 1.88. The summed E-state index contributed by atoms with van der Waals surface area (Å²) in [7, 11) is -4.06. The number of ether oxygens (including phenoxy) is 1. The van der Waals surface area contributed by atoms with Crippen LogP contribution < -0.4 is 4.72 Å². The van der Waals surface area contributed by atoms with E-state index in [1.165, 1.54) is 16.8 Å². The molecule has 11 heteroatoms. The van der Waals surface area contributed by atoms with Crippen LogP contribution in [0.1, 0.15) is 16.8 Å². The molecule has 1 aromatic heterocycles. The number of aromatic nitrogens is 2. The summed E-state index contributed by atoms with van der Waals surface area (Å²) < 4.78 is 72.6.